The monoisotopic (exact) mass is 460 g/mol. The van der Waals surface area contributed by atoms with Gasteiger partial charge in [0.05, 0.1) is 29.9 Å². The number of ether oxygens (including phenoxy) is 2. The lowest BCUT2D eigenvalue weighted by molar-refractivity contribution is 0.0586. The van der Waals surface area contributed by atoms with Gasteiger partial charge in [0.25, 0.3) is 15.9 Å². The number of hydrogen-bond acceptors (Lipinski definition) is 5. The van der Waals surface area contributed by atoms with Gasteiger partial charge in [-0.15, -0.1) is 0 Å². The highest BCUT2D eigenvalue weighted by Crippen LogP contribution is 2.34. The molecule has 1 amide bonds. The summed E-state index contributed by atoms with van der Waals surface area (Å²) in [4.78, 5) is 15.4. The van der Waals surface area contributed by atoms with Crippen LogP contribution in [0.1, 0.15) is 42.6 Å². The number of nitrogens with zero attached hydrogens (tertiary/aromatic N) is 2. The minimum Gasteiger partial charge on any atom is -0.496 e. The molecule has 0 saturated carbocycles. The summed E-state index contributed by atoms with van der Waals surface area (Å²) in [5.74, 6) is 0.0932. The van der Waals surface area contributed by atoms with Crippen LogP contribution < -0.4 is 9.04 Å². The molecule has 7 nitrogen and oxygen atoms in total. The second-order valence-corrected chi connectivity index (χ2v) is 9.64. The highest BCUT2D eigenvalue weighted by molar-refractivity contribution is 7.92. The van der Waals surface area contributed by atoms with Crippen molar-refractivity contribution in [2.24, 2.45) is 0 Å². The van der Waals surface area contributed by atoms with E-state index in [1.165, 1.54) is 23.5 Å². The van der Waals surface area contributed by atoms with Crippen LogP contribution in [-0.2, 0) is 21.2 Å². The first kappa shape index (κ1) is 24.1. The van der Waals surface area contributed by atoms with Crippen molar-refractivity contribution in [2.45, 2.75) is 44.0 Å². The predicted molar refractivity (Wildman–Crippen MR) is 125 cm³/mol. The number of hydrogen-bond donors (Lipinski definition) is 0. The van der Waals surface area contributed by atoms with Crippen molar-refractivity contribution in [3.8, 4) is 5.75 Å². The van der Waals surface area contributed by atoms with E-state index >= 15 is 0 Å². The molecule has 0 atom stereocenters. The number of rotatable bonds is 10. The van der Waals surface area contributed by atoms with Crippen LogP contribution in [0.5, 0.6) is 5.75 Å². The molecule has 0 unspecified atom stereocenters. The Hall–Kier alpha value is -2.58. The van der Waals surface area contributed by atoms with E-state index in [0.717, 1.165) is 18.4 Å². The van der Waals surface area contributed by atoms with Crippen molar-refractivity contribution < 1.29 is 22.7 Å². The maximum Gasteiger partial charge on any atom is 0.264 e. The van der Waals surface area contributed by atoms with Gasteiger partial charge in [0, 0.05) is 26.2 Å². The van der Waals surface area contributed by atoms with Crippen LogP contribution in [-0.4, -0.2) is 59.2 Å². The Balaban J connectivity index is 2.02. The molecule has 0 bridgehead atoms. The van der Waals surface area contributed by atoms with Crippen molar-refractivity contribution in [3.63, 3.8) is 0 Å². The number of amides is 1. The summed E-state index contributed by atoms with van der Waals surface area (Å²) in [6.45, 7) is 5.26. The zero-order valence-electron chi connectivity index (χ0n) is 19.2. The predicted octanol–water partition coefficient (Wildman–Crippen LogP) is 3.72. The quantitative estimate of drug-likeness (QED) is 0.540. The second kappa shape index (κ2) is 10.4. The zero-order chi connectivity index (χ0) is 23.3. The van der Waals surface area contributed by atoms with Crippen molar-refractivity contribution in [3.05, 3.63) is 53.6 Å². The second-order valence-electron chi connectivity index (χ2n) is 7.78. The van der Waals surface area contributed by atoms with E-state index in [0.29, 0.717) is 37.6 Å². The third-order valence-corrected chi connectivity index (χ3v) is 7.82. The lowest BCUT2D eigenvalue weighted by Gasteiger charge is -2.31. The third-order valence-electron chi connectivity index (χ3n) is 6.01. The molecule has 174 valence electrons. The molecule has 3 rings (SSSR count). The molecule has 0 aliphatic carbocycles. The Morgan fingerprint density at radius 3 is 2.50 bits per heavy atom. The zero-order valence-corrected chi connectivity index (χ0v) is 20.0. The van der Waals surface area contributed by atoms with Crippen LogP contribution in [0.2, 0.25) is 0 Å². The normalized spacial score (nSPS) is 13.3. The lowest BCUT2D eigenvalue weighted by atomic mass is 10.1. The molecular formula is C24H32N2O5S. The summed E-state index contributed by atoms with van der Waals surface area (Å²) < 4.78 is 39.1. The maximum absolute atomic E-state index is 13.6. The van der Waals surface area contributed by atoms with E-state index in [2.05, 4.69) is 0 Å². The number of para-hydroxylation sites is 1. The Bertz CT molecular complexity index is 1050. The van der Waals surface area contributed by atoms with E-state index in [9.17, 15) is 13.2 Å². The number of anilines is 1. The fourth-order valence-electron chi connectivity index (χ4n) is 4.22. The average Bonchev–Trinajstić information content (AvgIpc) is 3.26. The van der Waals surface area contributed by atoms with Gasteiger partial charge in [0.2, 0.25) is 0 Å². The highest BCUT2D eigenvalue weighted by Gasteiger charge is 2.32. The summed E-state index contributed by atoms with van der Waals surface area (Å²) in [6.07, 6.45) is 2.24. The standard InChI is InChI=1S/C24H32N2O5S/c1-5-19(6-2)25(15-16-30-3)24(27)21-17-20(11-12-23(21)31-4)32(28,29)26-14-13-18-9-7-8-10-22(18)26/h7-12,17,19H,5-6,13-16H2,1-4H3. The molecule has 1 aliphatic heterocycles. The fourth-order valence-corrected chi connectivity index (χ4v) is 5.75. The van der Waals surface area contributed by atoms with Gasteiger partial charge in [-0.3, -0.25) is 9.10 Å². The first-order chi connectivity index (χ1) is 15.4. The molecular weight excluding hydrogens is 428 g/mol. The van der Waals surface area contributed by atoms with Crippen LogP contribution >= 0.6 is 0 Å². The lowest BCUT2D eigenvalue weighted by Crippen LogP contribution is -2.42. The number of carbonyl (C=O) groups excluding carboxylic acids is 1. The van der Waals surface area contributed by atoms with Crippen molar-refractivity contribution in [1.82, 2.24) is 4.90 Å². The number of carbonyl (C=O) groups is 1. The number of fused-ring (bicyclic) bond motifs is 1. The minimum absolute atomic E-state index is 0.0214. The van der Waals surface area contributed by atoms with Gasteiger partial charge in [0.15, 0.2) is 0 Å². The Kier molecular flexibility index (Phi) is 7.79. The molecule has 0 saturated heterocycles. The number of sulfonamides is 1. The smallest absolute Gasteiger partial charge is 0.264 e. The molecule has 1 aliphatic rings. The minimum atomic E-state index is -3.82. The van der Waals surface area contributed by atoms with E-state index in [1.807, 2.05) is 38.1 Å². The Labute approximate surface area is 191 Å². The van der Waals surface area contributed by atoms with E-state index in [-0.39, 0.29) is 22.4 Å². The first-order valence-corrected chi connectivity index (χ1v) is 12.4. The molecule has 0 fully saturated rings. The van der Waals surface area contributed by atoms with Crippen molar-refractivity contribution in [1.29, 1.82) is 0 Å². The van der Waals surface area contributed by atoms with Gasteiger partial charge in [0.1, 0.15) is 5.75 Å². The summed E-state index contributed by atoms with van der Waals surface area (Å²) in [5.41, 5.74) is 1.93. The fraction of sp³-hybridized carbons (Fsp3) is 0.458. The summed E-state index contributed by atoms with van der Waals surface area (Å²) in [5, 5.41) is 0. The van der Waals surface area contributed by atoms with Gasteiger partial charge >= 0.3 is 0 Å². The van der Waals surface area contributed by atoms with Gasteiger partial charge in [-0.05, 0) is 49.1 Å². The van der Waals surface area contributed by atoms with Gasteiger partial charge in [-0.2, -0.15) is 0 Å². The maximum atomic E-state index is 13.6. The van der Waals surface area contributed by atoms with Crippen LogP contribution in [0, 0.1) is 0 Å². The molecule has 8 heteroatoms. The summed E-state index contributed by atoms with van der Waals surface area (Å²) in [6, 6.07) is 12.0. The van der Waals surface area contributed by atoms with E-state index in [1.54, 1.807) is 18.1 Å². The largest absolute Gasteiger partial charge is 0.496 e. The molecule has 0 aromatic heterocycles. The number of methoxy groups -OCH3 is 2. The van der Waals surface area contributed by atoms with Gasteiger partial charge in [-0.1, -0.05) is 32.0 Å². The molecule has 2 aromatic rings. The molecule has 1 heterocycles. The van der Waals surface area contributed by atoms with Crippen molar-refractivity contribution in [2.75, 3.05) is 38.2 Å². The molecule has 32 heavy (non-hydrogen) atoms. The highest BCUT2D eigenvalue weighted by atomic mass is 32.2. The van der Waals surface area contributed by atoms with E-state index < -0.39 is 10.0 Å². The molecule has 0 N–H and O–H groups in total. The SMILES string of the molecule is CCC(CC)N(CCOC)C(=O)c1cc(S(=O)(=O)N2CCc3ccccc32)ccc1OC. The molecule has 2 aromatic carbocycles. The average molecular weight is 461 g/mol. The third kappa shape index (κ3) is 4.61. The van der Waals surface area contributed by atoms with Crippen LogP contribution in [0.25, 0.3) is 0 Å². The van der Waals surface area contributed by atoms with Crippen LogP contribution in [0.4, 0.5) is 5.69 Å². The van der Waals surface area contributed by atoms with E-state index in [4.69, 9.17) is 9.47 Å². The molecule has 0 spiro atoms. The van der Waals surface area contributed by atoms with Gasteiger partial charge in [-0.25, -0.2) is 8.42 Å². The molecule has 0 radical (unpaired) electrons. The first-order valence-electron chi connectivity index (χ1n) is 11.0. The summed E-state index contributed by atoms with van der Waals surface area (Å²) in [7, 11) is -0.751. The topological polar surface area (TPSA) is 76.2 Å². The van der Waals surface area contributed by atoms with Crippen molar-refractivity contribution >= 4 is 21.6 Å². The van der Waals surface area contributed by atoms with Crippen LogP contribution in [0.15, 0.2) is 47.4 Å². The Morgan fingerprint density at radius 2 is 1.84 bits per heavy atom. The van der Waals surface area contributed by atoms with Gasteiger partial charge < -0.3 is 14.4 Å². The number of benzene rings is 2. The van der Waals surface area contributed by atoms with Crippen LogP contribution in [0.3, 0.4) is 0 Å². The Morgan fingerprint density at radius 1 is 1.12 bits per heavy atom. The summed E-state index contributed by atoms with van der Waals surface area (Å²) >= 11 is 0.